The summed E-state index contributed by atoms with van der Waals surface area (Å²) < 4.78 is 11.4. The van der Waals surface area contributed by atoms with Crippen molar-refractivity contribution in [2.24, 2.45) is 5.73 Å². The molecule has 0 aromatic rings. The molecule has 0 radical (unpaired) electrons. The summed E-state index contributed by atoms with van der Waals surface area (Å²) in [6.07, 6.45) is -0.304. The van der Waals surface area contributed by atoms with Crippen LogP contribution >= 0.6 is 11.8 Å². The van der Waals surface area contributed by atoms with Gasteiger partial charge in [0.1, 0.15) is 11.3 Å². The lowest BCUT2D eigenvalue weighted by Gasteiger charge is -2.39. The summed E-state index contributed by atoms with van der Waals surface area (Å²) >= 11 is 1.66. The predicted molar refractivity (Wildman–Crippen MR) is 86.5 cm³/mol. The number of ether oxygens (including phenoxy) is 2. The molecule has 3 saturated heterocycles. The second kappa shape index (κ2) is 5.00. The molecule has 0 aromatic heterocycles. The summed E-state index contributed by atoms with van der Waals surface area (Å²) in [7, 11) is 0. The fraction of sp³-hybridized carbons (Fsp3) is 0.867. The van der Waals surface area contributed by atoms with Crippen LogP contribution in [0.3, 0.4) is 0 Å². The van der Waals surface area contributed by atoms with E-state index in [0.717, 1.165) is 5.75 Å². The number of thioether (sulfide) groups is 1. The van der Waals surface area contributed by atoms with E-state index in [9.17, 15) is 9.59 Å². The monoisotopic (exact) mass is 343 g/mol. The van der Waals surface area contributed by atoms with Crippen LogP contribution in [0.15, 0.2) is 0 Å². The molecule has 130 valence electrons. The van der Waals surface area contributed by atoms with Gasteiger partial charge < -0.3 is 20.1 Å². The van der Waals surface area contributed by atoms with Crippen LogP contribution in [-0.2, 0) is 14.3 Å². The Morgan fingerprint density at radius 3 is 2.65 bits per heavy atom. The molecular weight excluding hydrogens is 318 g/mol. The molecule has 1 spiro atoms. The molecule has 0 aromatic carbocycles. The molecule has 3 aliphatic rings. The molecule has 7 nitrogen and oxygen atoms in total. The zero-order chi connectivity index (χ0) is 17.2. The van der Waals surface area contributed by atoms with Crippen LogP contribution in [0.5, 0.6) is 0 Å². The van der Waals surface area contributed by atoms with Gasteiger partial charge in [0.25, 0.3) is 5.91 Å². The van der Waals surface area contributed by atoms with E-state index in [4.69, 9.17) is 15.2 Å². The highest BCUT2D eigenvalue weighted by atomic mass is 32.2. The van der Waals surface area contributed by atoms with Crippen molar-refractivity contribution in [2.45, 2.75) is 69.4 Å². The van der Waals surface area contributed by atoms with Crippen molar-refractivity contribution in [3.63, 3.8) is 0 Å². The van der Waals surface area contributed by atoms with Gasteiger partial charge in [0.2, 0.25) is 0 Å². The number of nitrogens with zero attached hydrogens (tertiary/aromatic N) is 2. The Morgan fingerprint density at radius 2 is 2.09 bits per heavy atom. The number of hydrogen-bond donors (Lipinski definition) is 1. The van der Waals surface area contributed by atoms with Crippen LogP contribution in [0.2, 0.25) is 0 Å². The van der Waals surface area contributed by atoms with Crippen molar-refractivity contribution in [3.8, 4) is 0 Å². The Bertz CT molecular complexity index is 547. The SMILES string of the molecule is CC(C)(C)OC(=O)N1C(C)(C)OCC12C[C@@H]1SC[C@@H](N)N1C2=O. The van der Waals surface area contributed by atoms with Crippen molar-refractivity contribution in [1.82, 2.24) is 9.80 Å². The highest BCUT2D eigenvalue weighted by Gasteiger charge is 2.67. The Labute approximate surface area is 140 Å². The van der Waals surface area contributed by atoms with Gasteiger partial charge in [0.15, 0.2) is 5.54 Å². The van der Waals surface area contributed by atoms with Crippen LogP contribution in [0.1, 0.15) is 41.0 Å². The van der Waals surface area contributed by atoms with Gasteiger partial charge in [-0.3, -0.25) is 9.69 Å². The minimum atomic E-state index is -1.01. The minimum Gasteiger partial charge on any atom is -0.444 e. The van der Waals surface area contributed by atoms with Gasteiger partial charge >= 0.3 is 6.09 Å². The van der Waals surface area contributed by atoms with Gasteiger partial charge in [-0.2, -0.15) is 0 Å². The smallest absolute Gasteiger partial charge is 0.413 e. The van der Waals surface area contributed by atoms with Crippen molar-refractivity contribution < 1.29 is 19.1 Å². The molecule has 2 N–H and O–H groups in total. The van der Waals surface area contributed by atoms with Gasteiger partial charge in [-0.05, 0) is 34.6 Å². The lowest BCUT2D eigenvalue weighted by molar-refractivity contribution is -0.139. The Hall–Kier alpha value is -0.990. The lowest BCUT2D eigenvalue weighted by Crippen LogP contribution is -2.61. The van der Waals surface area contributed by atoms with E-state index >= 15 is 0 Å². The van der Waals surface area contributed by atoms with Gasteiger partial charge in [-0.25, -0.2) is 4.79 Å². The zero-order valence-corrected chi connectivity index (χ0v) is 15.1. The molecule has 3 aliphatic heterocycles. The average Bonchev–Trinajstić information content (AvgIpc) is 2.95. The topological polar surface area (TPSA) is 85.1 Å². The normalized spacial score (nSPS) is 36.0. The first kappa shape index (κ1) is 16.9. The molecule has 0 bridgehead atoms. The molecule has 2 amide bonds. The number of carbonyl (C=O) groups excluding carboxylic acids is 2. The number of hydrogen-bond acceptors (Lipinski definition) is 6. The van der Waals surface area contributed by atoms with E-state index in [1.165, 1.54) is 4.90 Å². The van der Waals surface area contributed by atoms with E-state index in [0.29, 0.717) is 6.42 Å². The van der Waals surface area contributed by atoms with E-state index in [1.807, 2.05) is 20.8 Å². The summed E-state index contributed by atoms with van der Waals surface area (Å²) in [5.41, 5.74) is 3.51. The summed E-state index contributed by atoms with van der Waals surface area (Å²) in [6.45, 7) is 9.18. The third-order valence-electron chi connectivity index (χ3n) is 4.48. The molecule has 8 heteroatoms. The van der Waals surface area contributed by atoms with Gasteiger partial charge in [0.05, 0.1) is 18.1 Å². The van der Waals surface area contributed by atoms with E-state index in [2.05, 4.69) is 0 Å². The fourth-order valence-electron chi connectivity index (χ4n) is 3.59. The molecule has 3 rings (SSSR count). The van der Waals surface area contributed by atoms with E-state index in [1.54, 1.807) is 30.5 Å². The summed E-state index contributed by atoms with van der Waals surface area (Å²) in [5.74, 6) is 0.597. The standard InChI is InChI=1S/C15H25N3O4S/c1-13(2,3)22-12(20)18-14(4,5)21-8-15(18)6-10-17(11(15)19)9(16)7-23-10/h9-10H,6-8,16H2,1-5H3/t9-,10-,15?/m0/s1. The fourth-order valence-corrected chi connectivity index (χ4v) is 4.98. The maximum absolute atomic E-state index is 13.1. The number of amides is 2. The predicted octanol–water partition coefficient (Wildman–Crippen LogP) is 1.32. The molecular formula is C15H25N3O4S. The number of fused-ring (bicyclic) bond motifs is 1. The van der Waals surface area contributed by atoms with Crippen molar-refractivity contribution >= 4 is 23.8 Å². The first-order valence-electron chi connectivity index (χ1n) is 7.85. The highest BCUT2D eigenvalue weighted by Crippen LogP contribution is 2.49. The summed E-state index contributed by atoms with van der Waals surface area (Å²) in [6, 6.07) is 0. The number of nitrogens with two attached hydrogens (primary N) is 1. The second-order valence-corrected chi connectivity index (χ2v) is 9.07. The maximum Gasteiger partial charge on any atom is 0.413 e. The Kier molecular flexibility index (Phi) is 3.67. The highest BCUT2D eigenvalue weighted by molar-refractivity contribution is 8.00. The van der Waals surface area contributed by atoms with Gasteiger partial charge in [0, 0.05) is 12.2 Å². The van der Waals surface area contributed by atoms with Gasteiger partial charge in [-0.1, -0.05) is 0 Å². The molecule has 3 atom stereocenters. The Balaban J connectivity index is 1.95. The quantitative estimate of drug-likeness (QED) is 0.714. The van der Waals surface area contributed by atoms with Crippen molar-refractivity contribution in [3.05, 3.63) is 0 Å². The van der Waals surface area contributed by atoms with Crippen molar-refractivity contribution in [2.75, 3.05) is 12.4 Å². The Morgan fingerprint density at radius 1 is 1.43 bits per heavy atom. The summed E-state index contributed by atoms with van der Waals surface area (Å²) in [4.78, 5) is 29.1. The first-order valence-corrected chi connectivity index (χ1v) is 8.90. The molecule has 23 heavy (non-hydrogen) atoms. The summed E-state index contributed by atoms with van der Waals surface area (Å²) in [5, 5.41) is -0.0000586. The maximum atomic E-state index is 13.1. The van der Waals surface area contributed by atoms with Crippen LogP contribution in [-0.4, -0.2) is 62.6 Å². The lowest BCUT2D eigenvalue weighted by atomic mass is 9.96. The van der Waals surface area contributed by atoms with Crippen LogP contribution in [0, 0.1) is 0 Å². The van der Waals surface area contributed by atoms with E-state index in [-0.39, 0.29) is 24.1 Å². The molecule has 3 fully saturated rings. The second-order valence-electron chi connectivity index (χ2n) is 7.85. The van der Waals surface area contributed by atoms with Crippen LogP contribution in [0.25, 0.3) is 0 Å². The average molecular weight is 343 g/mol. The number of carbonyl (C=O) groups is 2. The van der Waals surface area contributed by atoms with E-state index < -0.39 is 23.0 Å². The molecule has 1 unspecified atom stereocenters. The van der Waals surface area contributed by atoms with Crippen molar-refractivity contribution in [1.29, 1.82) is 0 Å². The first-order chi connectivity index (χ1) is 10.5. The third kappa shape index (κ3) is 2.51. The van der Waals surface area contributed by atoms with Crippen LogP contribution < -0.4 is 5.73 Å². The number of rotatable bonds is 0. The van der Waals surface area contributed by atoms with Crippen LogP contribution in [0.4, 0.5) is 4.79 Å². The largest absolute Gasteiger partial charge is 0.444 e. The third-order valence-corrected chi connectivity index (χ3v) is 5.79. The molecule has 3 heterocycles. The van der Waals surface area contributed by atoms with Gasteiger partial charge in [-0.15, -0.1) is 11.8 Å². The zero-order valence-electron chi connectivity index (χ0n) is 14.3. The minimum absolute atomic E-state index is 0.0000586. The molecule has 0 saturated carbocycles. The molecule has 0 aliphatic carbocycles.